The second-order valence-electron chi connectivity index (χ2n) is 4.60. The van der Waals surface area contributed by atoms with E-state index < -0.39 is 0 Å². The average molecular weight is 246 g/mol. The van der Waals surface area contributed by atoms with Crippen molar-refractivity contribution in [3.05, 3.63) is 24.3 Å². The summed E-state index contributed by atoms with van der Waals surface area (Å²) in [7, 11) is 0. The van der Waals surface area contributed by atoms with Gasteiger partial charge in [0.05, 0.1) is 10.2 Å². The van der Waals surface area contributed by atoms with E-state index in [2.05, 4.69) is 28.1 Å². The number of fused-ring (bicyclic) bond motifs is 1. The standard InChI is InChI=1S/C13H16N3S/c14-9-10-5-7-16(8-6-10)13-15-11-3-1-2-4-12(11)17-13/h1-4,10,14H,5-9H2. The third kappa shape index (κ3) is 2.15. The van der Waals surface area contributed by atoms with Crippen LogP contribution in [-0.2, 0) is 0 Å². The summed E-state index contributed by atoms with van der Waals surface area (Å²) in [4.78, 5) is 7.06. The number of para-hydroxylation sites is 1. The fraction of sp³-hybridized carbons (Fsp3) is 0.462. The minimum atomic E-state index is 0.577. The van der Waals surface area contributed by atoms with Crippen molar-refractivity contribution in [3.63, 3.8) is 0 Å². The van der Waals surface area contributed by atoms with Crippen LogP contribution in [0.1, 0.15) is 12.8 Å². The van der Waals surface area contributed by atoms with Crippen molar-refractivity contribution >= 4 is 26.7 Å². The van der Waals surface area contributed by atoms with Crippen molar-refractivity contribution in [1.82, 2.24) is 10.7 Å². The molecule has 0 saturated carbocycles. The maximum absolute atomic E-state index is 7.42. The van der Waals surface area contributed by atoms with E-state index >= 15 is 0 Å². The van der Waals surface area contributed by atoms with Gasteiger partial charge in [0.1, 0.15) is 0 Å². The van der Waals surface area contributed by atoms with Crippen molar-refractivity contribution in [3.8, 4) is 0 Å². The van der Waals surface area contributed by atoms with Gasteiger partial charge in [0.2, 0.25) is 0 Å². The molecule has 0 bridgehead atoms. The highest BCUT2D eigenvalue weighted by molar-refractivity contribution is 7.22. The fourth-order valence-corrected chi connectivity index (χ4v) is 3.34. The second kappa shape index (κ2) is 4.63. The van der Waals surface area contributed by atoms with Crippen LogP contribution >= 0.6 is 11.3 Å². The normalized spacial score (nSPS) is 17.8. The van der Waals surface area contributed by atoms with Gasteiger partial charge in [0.25, 0.3) is 0 Å². The molecule has 1 aromatic heterocycles. The summed E-state index contributed by atoms with van der Waals surface area (Å²) in [6.45, 7) is 2.69. The number of anilines is 1. The van der Waals surface area contributed by atoms with Crippen LogP contribution in [0.5, 0.6) is 0 Å². The number of benzene rings is 1. The number of nitrogens with one attached hydrogen (secondary N) is 1. The molecule has 1 aromatic carbocycles. The predicted molar refractivity (Wildman–Crippen MR) is 72.5 cm³/mol. The lowest BCUT2D eigenvalue weighted by atomic mass is 9.98. The van der Waals surface area contributed by atoms with Crippen LogP contribution in [0.15, 0.2) is 24.3 Å². The van der Waals surface area contributed by atoms with Gasteiger partial charge in [0, 0.05) is 19.6 Å². The molecule has 0 spiro atoms. The van der Waals surface area contributed by atoms with E-state index in [0.717, 1.165) is 36.6 Å². The van der Waals surface area contributed by atoms with Gasteiger partial charge in [-0.2, -0.15) is 0 Å². The highest BCUT2D eigenvalue weighted by Crippen LogP contribution is 2.31. The quantitative estimate of drug-likeness (QED) is 0.817. The zero-order chi connectivity index (χ0) is 11.7. The van der Waals surface area contributed by atoms with Crippen LogP contribution in [0.25, 0.3) is 10.2 Å². The van der Waals surface area contributed by atoms with E-state index in [0.29, 0.717) is 12.5 Å². The summed E-state index contributed by atoms with van der Waals surface area (Å²) in [5.41, 5.74) is 8.53. The molecule has 2 heterocycles. The Morgan fingerprint density at radius 2 is 2.06 bits per heavy atom. The van der Waals surface area contributed by atoms with E-state index in [-0.39, 0.29) is 0 Å². The minimum Gasteiger partial charge on any atom is -0.348 e. The summed E-state index contributed by atoms with van der Waals surface area (Å²) < 4.78 is 1.27. The third-order valence-corrected chi connectivity index (χ3v) is 4.55. The molecule has 4 heteroatoms. The van der Waals surface area contributed by atoms with Gasteiger partial charge in [0.15, 0.2) is 5.13 Å². The molecule has 1 aliphatic rings. The molecule has 17 heavy (non-hydrogen) atoms. The lowest BCUT2D eigenvalue weighted by molar-refractivity contribution is 0.410. The van der Waals surface area contributed by atoms with Crippen LogP contribution in [0.4, 0.5) is 5.13 Å². The van der Waals surface area contributed by atoms with Gasteiger partial charge in [-0.1, -0.05) is 23.5 Å². The van der Waals surface area contributed by atoms with Crippen LogP contribution in [0.3, 0.4) is 0 Å². The Kier molecular flexibility index (Phi) is 2.99. The zero-order valence-electron chi connectivity index (χ0n) is 9.72. The number of thiazole rings is 1. The summed E-state index contributed by atoms with van der Waals surface area (Å²) in [6.07, 6.45) is 2.28. The van der Waals surface area contributed by atoms with E-state index in [9.17, 15) is 0 Å². The molecule has 3 nitrogen and oxygen atoms in total. The van der Waals surface area contributed by atoms with Crippen LogP contribution in [0.2, 0.25) is 0 Å². The Morgan fingerprint density at radius 3 is 2.76 bits per heavy atom. The minimum absolute atomic E-state index is 0.577. The summed E-state index contributed by atoms with van der Waals surface area (Å²) in [5, 5.41) is 1.15. The predicted octanol–water partition coefficient (Wildman–Crippen LogP) is 2.80. The Morgan fingerprint density at radius 1 is 1.29 bits per heavy atom. The number of rotatable bonds is 2. The molecule has 0 unspecified atom stereocenters. The molecule has 1 saturated heterocycles. The third-order valence-electron chi connectivity index (χ3n) is 3.46. The van der Waals surface area contributed by atoms with E-state index in [1.54, 1.807) is 11.3 Å². The van der Waals surface area contributed by atoms with Crippen LogP contribution < -0.4 is 10.6 Å². The monoisotopic (exact) mass is 246 g/mol. The lowest BCUT2D eigenvalue weighted by Crippen LogP contribution is -2.34. The Labute approximate surface area is 105 Å². The zero-order valence-corrected chi connectivity index (χ0v) is 10.5. The van der Waals surface area contributed by atoms with E-state index in [1.165, 1.54) is 4.70 Å². The second-order valence-corrected chi connectivity index (χ2v) is 5.61. The maximum Gasteiger partial charge on any atom is 0.186 e. The molecule has 89 valence electrons. The van der Waals surface area contributed by atoms with Crippen molar-refractivity contribution in [2.75, 3.05) is 24.5 Å². The first-order valence-corrected chi connectivity index (χ1v) is 6.93. The Hall–Kier alpha value is -1.13. The molecule has 0 aliphatic carbocycles. The van der Waals surface area contributed by atoms with E-state index in [1.807, 2.05) is 6.07 Å². The number of hydrogen-bond acceptors (Lipinski definition) is 3. The first kappa shape index (κ1) is 11.0. The smallest absolute Gasteiger partial charge is 0.186 e. The molecular formula is C13H16N3S. The summed E-state index contributed by atoms with van der Waals surface area (Å²) >= 11 is 1.78. The number of hydrogen-bond donors (Lipinski definition) is 0. The van der Waals surface area contributed by atoms with Gasteiger partial charge < -0.3 is 4.90 Å². The van der Waals surface area contributed by atoms with Crippen LogP contribution in [-0.4, -0.2) is 24.6 Å². The van der Waals surface area contributed by atoms with Crippen molar-refractivity contribution in [1.29, 1.82) is 0 Å². The Bertz CT molecular complexity index is 467. The topological polar surface area (TPSA) is 39.9 Å². The van der Waals surface area contributed by atoms with Gasteiger partial charge in [-0.05, 0) is 30.9 Å². The molecular weight excluding hydrogens is 230 g/mol. The molecule has 1 radical (unpaired) electrons. The first-order chi connectivity index (χ1) is 8.36. The average Bonchev–Trinajstić information content (AvgIpc) is 2.82. The van der Waals surface area contributed by atoms with Crippen molar-refractivity contribution < 1.29 is 0 Å². The molecule has 0 amide bonds. The molecule has 2 aromatic rings. The summed E-state index contributed by atoms with van der Waals surface area (Å²) in [5.74, 6) is 0.598. The number of nitrogens with zero attached hydrogens (tertiary/aromatic N) is 2. The van der Waals surface area contributed by atoms with Crippen molar-refractivity contribution in [2.24, 2.45) is 5.92 Å². The molecule has 3 rings (SSSR count). The van der Waals surface area contributed by atoms with Gasteiger partial charge >= 0.3 is 0 Å². The molecule has 1 fully saturated rings. The highest BCUT2D eigenvalue weighted by Gasteiger charge is 2.20. The lowest BCUT2D eigenvalue weighted by Gasteiger charge is -2.30. The maximum atomic E-state index is 7.42. The van der Waals surface area contributed by atoms with Crippen molar-refractivity contribution in [2.45, 2.75) is 12.8 Å². The fourth-order valence-electron chi connectivity index (χ4n) is 2.32. The molecule has 1 aliphatic heterocycles. The summed E-state index contributed by atoms with van der Waals surface area (Å²) in [6, 6.07) is 8.31. The number of aromatic nitrogens is 1. The SMILES string of the molecule is [NH]CC1CCN(c2nc3ccccc3s2)CC1. The van der Waals surface area contributed by atoms with E-state index in [4.69, 9.17) is 5.73 Å². The largest absolute Gasteiger partial charge is 0.348 e. The van der Waals surface area contributed by atoms with Gasteiger partial charge in [-0.3, -0.25) is 5.73 Å². The number of piperidine rings is 1. The van der Waals surface area contributed by atoms with Gasteiger partial charge in [-0.15, -0.1) is 0 Å². The Balaban J connectivity index is 1.80. The highest BCUT2D eigenvalue weighted by atomic mass is 32.1. The molecule has 1 N–H and O–H groups in total. The van der Waals surface area contributed by atoms with Crippen LogP contribution in [0, 0.1) is 5.92 Å². The first-order valence-electron chi connectivity index (χ1n) is 6.12. The van der Waals surface area contributed by atoms with Gasteiger partial charge in [-0.25, -0.2) is 4.98 Å². The molecule has 0 atom stereocenters.